The number of fused-ring (bicyclic) bond motifs is 1. The van der Waals surface area contributed by atoms with Gasteiger partial charge in [-0.25, -0.2) is 4.68 Å². The SMILES string of the molecule is CC(C)c1nn(-c2ccc(Cl)c(Cl)c2)c2c1CCN2. The molecule has 0 fully saturated rings. The van der Waals surface area contributed by atoms with Gasteiger partial charge in [-0.05, 0) is 30.5 Å². The summed E-state index contributed by atoms with van der Waals surface area (Å²) < 4.78 is 1.93. The Kier molecular flexibility index (Phi) is 3.19. The lowest BCUT2D eigenvalue weighted by molar-refractivity contribution is 0.756. The second kappa shape index (κ2) is 4.73. The van der Waals surface area contributed by atoms with Gasteiger partial charge in [-0.15, -0.1) is 0 Å². The Morgan fingerprint density at radius 1 is 1.26 bits per heavy atom. The number of nitrogens with one attached hydrogen (secondary N) is 1. The van der Waals surface area contributed by atoms with E-state index in [1.807, 2.05) is 16.8 Å². The molecule has 1 aliphatic rings. The first-order valence-corrected chi connectivity index (χ1v) is 7.14. The lowest BCUT2D eigenvalue weighted by Gasteiger charge is -2.07. The second-order valence-electron chi connectivity index (χ2n) is 5.05. The number of anilines is 1. The monoisotopic (exact) mass is 295 g/mol. The Morgan fingerprint density at radius 3 is 2.74 bits per heavy atom. The zero-order valence-electron chi connectivity index (χ0n) is 10.9. The molecule has 1 N–H and O–H groups in total. The average molecular weight is 296 g/mol. The van der Waals surface area contributed by atoms with Crippen LogP contribution in [0.5, 0.6) is 0 Å². The lowest BCUT2D eigenvalue weighted by atomic mass is 10.1. The molecule has 3 nitrogen and oxygen atoms in total. The summed E-state index contributed by atoms with van der Waals surface area (Å²) in [5.41, 5.74) is 3.42. The molecule has 0 radical (unpaired) electrons. The molecule has 0 saturated heterocycles. The third kappa shape index (κ3) is 2.11. The highest BCUT2D eigenvalue weighted by molar-refractivity contribution is 6.42. The first kappa shape index (κ1) is 12.8. The highest BCUT2D eigenvalue weighted by Gasteiger charge is 2.24. The Balaban J connectivity index is 2.15. The molecule has 3 rings (SSSR count). The zero-order valence-corrected chi connectivity index (χ0v) is 12.4. The van der Waals surface area contributed by atoms with E-state index < -0.39 is 0 Å². The van der Waals surface area contributed by atoms with Gasteiger partial charge in [-0.2, -0.15) is 5.10 Å². The van der Waals surface area contributed by atoms with E-state index in [4.69, 9.17) is 28.3 Å². The van der Waals surface area contributed by atoms with Gasteiger partial charge < -0.3 is 5.32 Å². The van der Waals surface area contributed by atoms with Crippen LogP contribution in [0.2, 0.25) is 10.0 Å². The van der Waals surface area contributed by atoms with Gasteiger partial charge in [0.05, 0.1) is 21.4 Å². The van der Waals surface area contributed by atoms with Gasteiger partial charge >= 0.3 is 0 Å². The summed E-state index contributed by atoms with van der Waals surface area (Å²) in [4.78, 5) is 0. The minimum atomic E-state index is 0.415. The molecule has 0 saturated carbocycles. The summed E-state index contributed by atoms with van der Waals surface area (Å²) >= 11 is 12.1. The third-order valence-electron chi connectivity index (χ3n) is 3.38. The Bertz CT molecular complexity index is 632. The van der Waals surface area contributed by atoms with Gasteiger partial charge in [0, 0.05) is 12.1 Å². The van der Waals surface area contributed by atoms with Crippen molar-refractivity contribution in [3.8, 4) is 5.69 Å². The minimum Gasteiger partial charge on any atom is -0.369 e. The van der Waals surface area contributed by atoms with Gasteiger partial charge in [0.1, 0.15) is 5.82 Å². The van der Waals surface area contributed by atoms with Crippen LogP contribution in [-0.4, -0.2) is 16.3 Å². The van der Waals surface area contributed by atoms with Gasteiger partial charge in [-0.3, -0.25) is 0 Å². The maximum Gasteiger partial charge on any atom is 0.133 e. The molecular weight excluding hydrogens is 281 g/mol. The lowest BCUT2D eigenvalue weighted by Crippen LogP contribution is -2.05. The molecule has 2 aromatic rings. The van der Waals surface area contributed by atoms with E-state index in [0.29, 0.717) is 16.0 Å². The summed E-state index contributed by atoms with van der Waals surface area (Å²) in [7, 11) is 0. The van der Waals surface area contributed by atoms with Crippen molar-refractivity contribution in [2.24, 2.45) is 0 Å². The molecule has 0 atom stereocenters. The summed E-state index contributed by atoms with van der Waals surface area (Å²) in [5, 5.41) is 9.24. The number of halogens is 2. The van der Waals surface area contributed by atoms with E-state index in [1.54, 1.807) is 6.07 Å². The molecule has 1 aromatic carbocycles. The maximum absolute atomic E-state index is 6.09. The topological polar surface area (TPSA) is 29.9 Å². The van der Waals surface area contributed by atoms with Crippen molar-refractivity contribution < 1.29 is 0 Å². The van der Waals surface area contributed by atoms with Gasteiger partial charge in [0.25, 0.3) is 0 Å². The van der Waals surface area contributed by atoms with Crippen molar-refractivity contribution in [1.82, 2.24) is 9.78 Å². The molecule has 0 unspecified atom stereocenters. The molecule has 0 bridgehead atoms. The quantitative estimate of drug-likeness (QED) is 0.897. The van der Waals surface area contributed by atoms with Crippen molar-refractivity contribution >= 4 is 29.0 Å². The second-order valence-corrected chi connectivity index (χ2v) is 5.87. The standard InChI is InChI=1S/C14H15Cl2N3/c1-8(2)13-10-5-6-17-14(10)19(18-13)9-3-4-11(15)12(16)7-9/h3-4,7-8,17H,5-6H2,1-2H3. The van der Waals surface area contributed by atoms with Crippen molar-refractivity contribution in [2.45, 2.75) is 26.2 Å². The Hall–Kier alpha value is -1.19. The molecular formula is C14H15Cl2N3. The van der Waals surface area contributed by atoms with Crippen molar-refractivity contribution in [3.63, 3.8) is 0 Å². The molecule has 0 aliphatic carbocycles. The molecule has 2 heterocycles. The van der Waals surface area contributed by atoms with Gasteiger partial charge in [0.15, 0.2) is 0 Å². The van der Waals surface area contributed by atoms with Crippen LogP contribution >= 0.6 is 23.2 Å². The molecule has 19 heavy (non-hydrogen) atoms. The fourth-order valence-electron chi connectivity index (χ4n) is 2.47. The highest BCUT2D eigenvalue weighted by atomic mass is 35.5. The van der Waals surface area contributed by atoms with Crippen LogP contribution in [0.1, 0.15) is 31.0 Å². The van der Waals surface area contributed by atoms with Crippen molar-refractivity contribution in [1.29, 1.82) is 0 Å². The molecule has 0 spiro atoms. The Labute approximate surface area is 122 Å². The van der Waals surface area contributed by atoms with Crippen LogP contribution in [0.15, 0.2) is 18.2 Å². The average Bonchev–Trinajstić information content (AvgIpc) is 2.93. The van der Waals surface area contributed by atoms with Gasteiger partial charge in [0.2, 0.25) is 0 Å². The Morgan fingerprint density at radius 2 is 2.05 bits per heavy atom. The summed E-state index contributed by atoms with van der Waals surface area (Å²) in [5.74, 6) is 1.50. The van der Waals surface area contributed by atoms with E-state index in [-0.39, 0.29) is 0 Å². The van der Waals surface area contributed by atoms with Crippen molar-refractivity contribution in [2.75, 3.05) is 11.9 Å². The maximum atomic E-state index is 6.09. The first-order chi connectivity index (χ1) is 9.08. The predicted octanol–water partition coefficient (Wildman–Crippen LogP) is 4.27. The van der Waals surface area contributed by atoms with Crippen LogP contribution in [0.25, 0.3) is 5.69 Å². The van der Waals surface area contributed by atoms with Crippen LogP contribution in [0.3, 0.4) is 0 Å². The highest BCUT2D eigenvalue weighted by Crippen LogP contribution is 2.33. The number of aromatic nitrogens is 2. The molecule has 100 valence electrons. The number of hydrogen-bond acceptors (Lipinski definition) is 2. The van der Waals surface area contributed by atoms with E-state index in [9.17, 15) is 0 Å². The van der Waals surface area contributed by atoms with E-state index in [1.165, 1.54) is 5.56 Å². The molecule has 1 aliphatic heterocycles. The number of benzene rings is 1. The summed E-state index contributed by atoms with van der Waals surface area (Å²) in [6.45, 7) is 5.30. The molecule has 1 aromatic heterocycles. The van der Waals surface area contributed by atoms with Gasteiger partial charge in [-0.1, -0.05) is 37.0 Å². The fraction of sp³-hybridized carbons (Fsp3) is 0.357. The number of rotatable bonds is 2. The fourth-order valence-corrected chi connectivity index (χ4v) is 2.76. The third-order valence-corrected chi connectivity index (χ3v) is 4.12. The van der Waals surface area contributed by atoms with Crippen molar-refractivity contribution in [3.05, 3.63) is 39.5 Å². The molecule has 0 amide bonds. The number of nitrogens with zero attached hydrogens (tertiary/aromatic N) is 2. The van der Waals surface area contributed by atoms with Crippen LogP contribution in [0.4, 0.5) is 5.82 Å². The van der Waals surface area contributed by atoms with Crippen LogP contribution in [0, 0.1) is 0 Å². The van der Waals surface area contributed by atoms with Crippen LogP contribution in [-0.2, 0) is 6.42 Å². The zero-order chi connectivity index (χ0) is 13.6. The molecule has 5 heteroatoms. The normalized spacial score (nSPS) is 13.7. The number of hydrogen-bond donors (Lipinski definition) is 1. The predicted molar refractivity (Wildman–Crippen MR) is 79.9 cm³/mol. The first-order valence-electron chi connectivity index (χ1n) is 6.39. The van der Waals surface area contributed by atoms with E-state index in [2.05, 4.69) is 19.2 Å². The smallest absolute Gasteiger partial charge is 0.133 e. The van der Waals surface area contributed by atoms with E-state index >= 15 is 0 Å². The van der Waals surface area contributed by atoms with Crippen LogP contribution < -0.4 is 5.32 Å². The summed E-state index contributed by atoms with van der Waals surface area (Å²) in [6, 6.07) is 5.59. The largest absolute Gasteiger partial charge is 0.369 e. The summed E-state index contributed by atoms with van der Waals surface area (Å²) in [6.07, 6.45) is 1.03. The van der Waals surface area contributed by atoms with E-state index in [0.717, 1.165) is 30.2 Å². The minimum absolute atomic E-state index is 0.415.